The maximum absolute atomic E-state index is 13.9. The van der Waals surface area contributed by atoms with Crippen molar-refractivity contribution >= 4 is 38.5 Å². The van der Waals surface area contributed by atoms with E-state index in [-0.39, 0.29) is 11.4 Å². The molecule has 27 heavy (non-hydrogen) atoms. The number of fused-ring (bicyclic) bond motifs is 6. The lowest BCUT2D eigenvalue weighted by atomic mass is 10.0. The number of H-pyrrole nitrogens is 2. The highest BCUT2D eigenvalue weighted by Crippen LogP contribution is 2.33. The summed E-state index contributed by atoms with van der Waals surface area (Å²) in [4.78, 5) is 27.0. The lowest BCUT2D eigenvalue weighted by molar-refractivity contribution is 0.630. The summed E-state index contributed by atoms with van der Waals surface area (Å²) in [6.07, 6.45) is 5.04. The Labute approximate surface area is 152 Å². The van der Waals surface area contributed by atoms with Gasteiger partial charge in [0.25, 0.3) is 5.56 Å². The molecule has 2 aromatic carbocycles. The molecule has 3 N–H and O–H groups in total. The van der Waals surface area contributed by atoms with Crippen LogP contribution in [0.15, 0.2) is 59.8 Å². The molecule has 7 heteroatoms. The average Bonchev–Trinajstić information content (AvgIpc) is 3.12. The van der Waals surface area contributed by atoms with Gasteiger partial charge in [0, 0.05) is 41.3 Å². The number of benzene rings is 2. The van der Waals surface area contributed by atoms with Gasteiger partial charge in [-0.1, -0.05) is 0 Å². The molecule has 0 aliphatic heterocycles. The Morgan fingerprint density at radius 2 is 1.89 bits per heavy atom. The van der Waals surface area contributed by atoms with Gasteiger partial charge in [0.15, 0.2) is 0 Å². The molecule has 0 amide bonds. The van der Waals surface area contributed by atoms with Crippen LogP contribution in [0.2, 0.25) is 0 Å². The summed E-state index contributed by atoms with van der Waals surface area (Å²) in [5.41, 5.74) is 2.24. The van der Waals surface area contributed by atoms with Crippen molar-refractivity contribution in [1.29, 1.82) is 0 Å². The van der Waals surface area contributed by atoms with E-state index < -0.39 is 0 Å². The average molecular weight is 359 g/mol. The second kappa shape index (κ2) is 5.91. The number of aromatic amines is 2. The zero-order valence-electron chi connectivity index (χ0n) is 14.1. The van der Waals surface area contributed by atoms with Crippen molar-refractivity contribution in [3.8, 4) is 0 Å². The highest BCUT2D eigenvalue weighted by atomic mass is 19.1. The van der Waals surface area contributed by atoms with Crippen LogP contribution in [0.3, 0.4) is 0 Å². The summed E-state index contributed by atoms with van der Waals surface area (Å²) in [5, 5.41) is 5.68. The Balaban J connectivity index is 1.74. The van der Waals surface area contributed by atoms with Gasteiger partial charge in [-0.3, -0.25) is 9.78 Å². The Hall–Kier alpha value is -3.74. The van der Waals surface area contributed by atoms with E-state index in [1.807, 2.05) is 12.1 Å². The first-order valence-corrected chi connectivity index (χ1v) is 8.46. The molecule has 3 heterocycles. The topological polar surface area (TPSA) is 86.5 Å². The summed E-state index contributed by atoms with van der Waals surface area (Å²) < 4.78 is 13.9. The maximum Gasteiger partial charge on any atom is 0.256 e. The first-order valence-electron chi connectivity index (χ1n) is 8.46. The quantitative estimate of drug-likeness (QED) is 0.429. The molecule has 132 valence electrons. The van der Waals surface area contributed by atoms with Gasteiger partial charge < -0.3 is 15.3 Å². The lowest BCUT2D eigenvalue weighted by Crippen LogP contribution is -2.05. The van der Waals surface area contributed by atoms with Crippen molar-refractivity contribution in [2.75, 3.05) is 5.32 Å². The molecule has 5 rings (SSSR count). The van der Waals surface area contributed by atoms with Crippen LogP contribution in [-0.2, 0) is 6.54 Å². The first-order chi connectivity index (χ1) is 13.2. The van der Waals surface area contributed by atoms with Gasteiger partial charge in [-0.05, 0) is 42.0 Å². The molecule has 0 atom stereocenters. The number of anilines is 1. The van der Waals surface area contributed by atoms with Gasteiger partial charge in [-0.25, -0.2) is 9.37 Å². The Bertz CT molecular complexity index is 1360. The van der Waals surface area contributed by atoms with Gasteiger partial charge in [-0.2, -0.15) is 0 Å². The molecule has 0 saturated carbocycles. The largest absolute Gasteiger partial charge is 0.352 e. The molecular weight excluding hydrogens is 345 g/mol. The maximum atomic E-state index is 13.9. The SMILES string of the molecule is O=c1[nH]ccc2c3nc(NCc4ccncc4)[nH]c3c3ccc(F)cc3c12. The normalized spacial score (nSPS) is 11.4. The molecule has 5 aromatic rings. The third-order valence-corrected chi connectivity index (χ3v) is 4.65. The third kappa shape index (κ3) is 2.52. The fraction of sp³-hybridized carbons (Fsp3) is 0.0500. The number of nitrogens with one attached hydrogen (secondary N) is 3. The van der Waals surface area contributed by atoms with Crippen LogP contribution < -0.4 is 10.9 Å². The zero-order chi connectivity index (χ0) is 18.4. The highest BCUT2D eigenvalue weighted by Gasteiger charge is 2.15. The fourth-order valence-electron chi connectivity index (χ4n) is 3.42. The van der Waals surface area contributed by atoms with Gasteiger partial charge in [0.1, 0.15) is 5.82 Å². The van der Waals surface area contributed by atoms with Gasteiger partial charge in [0.2, 0.25) is 5.95 Å². The predicted octanol–water partition coefficient (Wildman–Crippen LogP) is 3.70. The van der Waals surface area contributed by atoms with E-state index >= 15 is 0 Å². The fourth-order valence-corrected chi connectivity index (χ4v) is 3.42. The number of halogens is 1. The van der Waals surface area contributed by atoms with E-state index in [1.54, 1.807) is 30.7 Å². The Morgan fingerprint density at radius 3 is 2.74 bits per heavy atom. The lowest BCUT2D eigenvalue weighted by Gasteiger charge is -2.05. The Kier molecular flexibility index (Phi) is 3.39. The summed E-state index contributed by atoms with van der Waals surface area (Å²) in [7, 11) is 0. The van der Waals surface area contributed by atoms with E-state index in [4.69, 9.17) is 0 Å². The van der Waals surface area contributed by atoms with Gasteiger partial charge in [-0.15, -0.1) is 0 Å². The standard InChI is InChI=1S/C20H14FN5O/c21-12-1-2-13-15(9-12)16-14(5-8-23-19(16)27)18-17(13)25-20(26-18)24-10-11-3-6-22-7-4-11/h1-9H,10H2,(H,23,27)(H2,24,25,26). The molecule has 0 aliphatic carbocycles. The molecule has 0 saturated heterocycles. The molecular formula is C20H14FN5O. The van der Waals surface area contributed by atoms with Crippen molar-refractivity contribution in [1.82, 2.24) is 19.9 Å². The van der Waals surface area contributed by atoms with Gasteiger partial charge in [0.05, 0.1) is 16.4 Å². The molecule has 0 radical (unpaired) electrons. The molecule has 3 aromatic heterocycles. The van der Waals surface area contributed by atoms with Crippen molar-refractivity contribution < 1.29 is 4.39 Å². The van der Waals surface area contributed by atoms with Crippen molar-refractivity contribution in [3.05, 3.63) is 76.7 Å². The number of imidazole rings is 1. The Morgan fingerprint density at radius 1 is 1.04 bits per heavy atom. The van der Waals surface area contributed by atoms with Crippen molar-refractivity contribution in [2.45, 2.75) is 6.54 Å². The minimum Gasteiger partial charge on any atom is -0.352 e. The van der Waals surface area contributed by atoms with E-state index in [1.165, 1.54) is 12.1 Å². The number of hydrogen-bond acceptors (Lipinski definition) is 4. The minimum atomic E-state index is -0.387. The van der Waals surface area contributed by atoms with E-state index in [0.29, 0.717) is 34.2 Å². The highest BCUT2D eigenvalue weighted by molar-refractivity contribution is 6.23. The van der Waals surface area contributed by atoms with Crippen LogP contribution in [0.1, 0.15) is 5.56 Å². The summed E-state index contributed by atoms with van der Waals surface area (Å²) in [6.45, 7) is 0.577. The van der Waals surface area contributed by atoms with Gasteiger partial charge >= 0.3 is 0 Å². The molecule has 0 aliphatic rings. The predicted molar refractivity (Wildman–Crippen MR) is 103 cm³/mol. The summed E-state index contributed by atoms with van der Waals surface area (Å²) >= 11 is 0. The van der Waals surface area contributed by atoms with Crippen molar-refractivity contribution in [2.24, 2.45) is 0 Å². The zero-order valence-corrected chi connectivity index (χ0v) is 14.1. The minimum absolute atomic E-state index is 0.265. The van der Waals surface area contributed by atoms with Crippen LogP contribution in [-0.4, -0.2) is 19.9 Å². The van der Waals surface area contributed by atoms with E-state index in [2.05, 4.69) is 25.3 Å². The van der Waals surface area contributed by atoms with Crippen molar-refractivity contribution in [3.63, 3.8) is 0 Å². The van der Waals surface area contributed by atoms with Crippen LogP contribution in [0.4, 0.5) is 10.3 Å². The summed E-state index contributed by atoms with van der Waals surface area (Å²) in [6, 6.07) is 10.1. The van der Waals surface area contributed by atoms with Crippen LogP contribution in [0.25, 0.3) is 32.6 Å². The molecule has 0 unspecified atom stereocenters. The molecule has 0 fully saturated rings. The summed E-state index contributed by atoms with van der Waals surface area (Å²) in [5.74, 6) is 0.196. The second-order valence-electron chi connectivity index (χ2n) is 6.30. The second-order valence-corrected chi connectivity index (χ2v) is 6.30. The molecule has 0 spiro atoms. The number of hydrogen-bond donors (Lipinski definition) is 3. The van der Waals surface area contributed by atoms with Crippen LogP contribution in [0, 0.1) is 5.82 Å². The van der Waals surface area contributed by atoms with E-state index in [0.717, 1.165) is 16.5 Å². The van der Waals surface area contributed by atoms with Crippen LogP contribution in [0.5, 0.6) is 0 Å². The number of pyridine rings is 2. The number of rotatable bonds is 3. The molecule has 0 bridgehead atoms. The van der Waals surface area contributed by atoms with E-state index in [9.17, 15) is 9.18 Å². The smallest absolute Gasteiger partial charge is 0.256 e. The monoisotopic (exact) mass is 359 g/mol. The van der Waals surface area contributed by atoms with Crippen LogP contribution >= 0.6 is 0 Å². The third-order valence-electron chi connectivity index (χ3n) is 4.65. The number of aromatic nitrogens is 4. The molecule has 6 nitrogen and oxygen atoms in total. The number of nitrogens with zero attached hydrogens (tertiary/aromatic N) is 2. The first kappa shape index (κ1) is 15.5.